The van der Waals surface area contributed by atoms with Gasteiger partial charge in [0, 0.05) is 6.54 Å². The smallest absolute Gasteiger partial charge is 0.441 e. The zero-order valence-electron chi connectivity index (χ0n) is 7.30. The SMILES string of the molecule is CNCC(O)c1coc(C(F)(F)F)n1. The second-order valence-corrected chi connectivity index (χ2v) is 2.65. The third-order valence-corrected chi connectivity index (χ3v) is 1.50. The highest BCUT2D eigenvalue weighted by atomic mass is 19.4. The summed E-state index contributed by atoms with van der Waals surface area (Å²) in [4.78, 5) is 3.12. The van der Waals surface area contributed by atoms with Gasteiger partial charge in [0.1, 0.15) is 18.1 Å². The Bertz CT molecular complexity index is 297. The molecule has 0 bridgehead atoms. The minimum atomic E-state index is -4.61. The van der Waals surface area contributed by atoms with Gasteiger partial charge >= 0.3 is 12.1 Å². The lowest BCUT2D eigenvalue weighted by Gasteiger charge is -2.04. The number of hydrogen-bond donors (Lipinski definition) is 2. The lowest BCUT2D eigenvalue weighted by molar-refractivity contribution is -0.157. The van der Waals surface area contributed by atoms with E-state index in [0.29, 0.717) is 0 Å². The second-order valence-electron chi connectivity index (χ2n) is 2.65. The Balaban J connectivity index is 2.78. The Morgan fingerprint density at radius 2 is 2.29 bits per heavy atom. The van der Waals surface area contributed by atoms with Gasteiger partial charge in [0.05, 0.1) is 0 Å². The van der Waals surface area contributed by atoms with Gasteiger partial charge in [-0.1, -0.05) is 0 Å². The molecule has 0 aliphatic rings. The number of oxazole rings is 1. The van der Waals surface area contributed by atoms with Crippen molar-refractivity contribution in [2.75, 3.05) is 13.6 Å². The quantitative estimate of drug-likeness (QED) is 0.779. The Morgan fingerprint density at radius 1 is 1.64 bits per heavy atom. The molecule has 0 aliphatic carbocycles. The van der Waals surface area contributed by atoms with Crippen molar-refractivity contribution in [2.24, 2.45) is 0 Å². The molecule has 0 radical (unpaired) electrons. The van der Waals surface area contributed by atoms with E-state index in [1.54, 1.807) is 7.05 Å². The molecule has 0 amide bonds. The number of aromatic nitrogens is 1. The fourth-order valence-corrected chi connectivity index (χ4v) is 0.867. The topological polar surface area (TPSA) is 58.3 Å². The van der Waals surface area contributed by atoms with Crippen LogP contribution < -0.4 is 5.32 Å². The summed E-state index contributed by atoms with van der Waals surface area (Å²) >= 11 is 0. The summed E-state index contributed by atoms with van der Waals surface area (Å²) in [6, 6.07) is 0. The number of nitrogens with zero attached hydrogens (tertiary/aromatic N) is 1. The highest BCUT2D eigenvalue weighted by molar-refractivity contribution is 5.02. The van der Waals surface area contributed by atoms with Crippen molar-refractivity contribution in [3.63, 3.8) is 0 Å². The molecule has 0 saturated heterocycles. The summed E-state index contributed by atoms with van der Waals surface area (Å²) in [7, 11) is 1.56. The van der Waals surface area contributed by atoms with Gasteiger partial charge in [-0.05, 0) is 7.05 Å². The van der Waals surface area contributed by atoms with E-state index in [4.69, 9.17) is 0 Å². The highest BCUT2D eigenvalue weighted by Crippen LogP contribution is 2.29. The summed E-state index contributed by atoms with van der Waals surface area (Å²) in [6.45, 7) is 0.115. The fraction of sp³-hybridized carbons (Fsp3) is 0.571. The van der Waals surface area contributed by atoms with Crippen molar-refractivity contribution in [1.82, 2.24) is 10.3 Å². The molecule has 14 heavy (non-hydrogen) atoms. The van der Waals surface area contributed by atoms with E-state index < -0.39 is 18.2 Å². The lowest BCUT2D eigenvalue weighted by Crippen LogP contribution is -2.17. The van der Waals surface area contributed by atoms with Gasteiger partial charge in [-0.2, -0.15) is 13.2 Å². The van der Waals surface area contributed by atoms with Crippen molar-refractivity contribution in [3.05, 3.63) is 17.8 Å². The van der Waals surface area contributed by atoms with Crippen molar-refractivity contribution in [1.29, 1.82) is 0 Å². The van der Waals surface area contributed by atoms with Crippen LogP contribution in [0.5, 0.6) is 0 Å². The zero-order valence-corrected chi connectivity index (χ0v) is 7.30. The molecule has 1 aromatic rings. The number of alkyl halides is 3. The molecular formula is C7H9F3N2O2. The van der Waals surface area contributed by atoms with Crippen LogP contribution >= 0.6 is 0 Å². The number of nitrogens with one attached hydrogen (secondary N) is 1. The Morgan fingerprint density at radius 3 is 2.71 bits per heavy atom. The predicted molar refractivity (Wildman–Crippen MR) is 40.4 cm³/mol. The van der Waals surface area contributed by atoms with E-state index in [1.807, 2.05) is 0 Å². The molecule has 0 saturated carbocycles. The van der Waals surface area contributed by atoms with Gasteiger partial charge in [0.2, 0.25) is 0 Å². The number of aliphatic hydroxyl groups excluding tert-OH is 1. The first kappa shape index (κ1) is 11.0. The molecule has 7 heteroatoms. The molecule has 1 heterocycles. The van der Waals surface area contributed by atoms with E-state index in [0.717, 1.165) is 6.26 Å². The normalized spacial score (nSPS) is 14.4. The molecule has 0 fully saturated rings. The predicted octanol–water partition coefficient (Wildman–Crippen LogP) is 0.946. The molecule has 1 unspecified atom stereocenters. The van der Waals surface area contributed by atoms with E-state index in [-0.39, 0.29) is 12.2 Å². The Hall–Kier alpha value is -1.08. The Kier molecular flexibility index (Phi) is 3.12. The summed E-state index contributed by atoms with van der Waals surface area (Å²) < 4.78 is 40.2. The van der Waals surface area contributed by atoms with Crippen molar-refractivity contribution in [3.8, 4) is 0 Å². The highest BCUT2D eigenvalue weighted by Gasteiger charge is 2.37. The molecule has 2 N–H and O–H groups in total. The van der Waals surface area contributed by atoms with Gasteiger partial charge in [0.15, 0.2) is 0 Å². The van der Waals surface area contributed by atoms with Gasteiger partial charge in [-0.25, -0.2) is 4.98 Å². The maximum absolute atomic E-state index is 12.0. The number of rotatable bonds is 3. The molecule has 1 aromatic heterocycles. The molecule has 80 valence electrons. The van der Waals surface area contributed by atoms with E-state index in [2.05, 4.69) is 14.7 Å². The van der Waals surface area contributed by atoms with Crippen molar-refractivity contribution >= 4 is 0 Å². The zero-order chi connectivity index (χ0) is 10.8. The minimum Gasteiger partial charge on any atom is -0.441 e. The number of halogens is 3. The van der Waals surface area contributed by atoms with E-state index in [1.165, 1.54) is 0 Å². The van der Waals surface area contributed by atoms with Gasteiger partial charge in [0.25, 0.3) is 0 Å². The third-order valence-electron chi connectivity index (χ3n) is 1.50. The number of hydrogen-bond acceptors (Lipinski definition) is 4. The maximum Gasteiger partial charge on any atom is 0.468 e. The average molecular weight is 210 g/mol. The third kappa shape index (κ3) is 2.46. The summed E-state index contributed by atoms with van der Waals surface area (Å²) in [5, 5.41) is 11.8. The molecule has 0 aromatic carbocycles. The van der Waals surface area contributed by atoms with Crippen LogP contribution in [0.25, 0.3) is 0 Å². The minimum absolute atomic E-state index is 0.115. The lowest BCUT2D eigenvalue weighted by atomic mass is 10.3. The first-order valence-corrected chi connectivity index (χ1v) is 3.80. The van der Waals surface area contributed by atoms with Crippen LogP contribution in [0, 0.1) is 0 Å². The first-order chi connectivity index (χ1) is 6.45. The standard InChI is InChI=1S/C7H9F3N2O2/c1-11-2-5(13)4-3-14-6(12-4)7(8,9)10/h3,5,11,13H,2H2,1H3. The average Bonchev–Trinajstić information content (AvgIpc) is 2.51. The molecule has 0 spiro atoms. The van der Waals surface area contributed by atoms with Crippen LogP contribution in [0.4, 0.5) is 13.2 Å². The molecule has 1 atom stereocenters. The molecule has 1 rings (SSSR count). The van der Waals surface area contributed by atoms with E-state index in [9.17, 15) is 18.3 Å². The van der Waals surface area contributed by atoms with Crippen LogP contribution in [0.2, 0.25) is 0 Å². The van der Waals surface area contributed by atoms with Gasteiger partial charge < -0.3 is 14.8 Å². The summed E-state index contributed by atoms with van der Waals surface area (Å²) in [5.41, 5.74) is -0.133. The summed E-state index contributed by atoms with van der Waals surface area (Å²) in [6.07, 6.45) is -4.91. The fourth-order valence-electron chi connectivity index (χ4n) is 0.867. The van der Waals surface area contributed by atoms with Crippen LogP contribution in [-0.2, 0) is 6.18 Å². The van der Waals surface area contributed by atoms with Crippen LogP contribution in [-0.4, -0.2) is 23.7 Å². The Labute approximate surface area is 77.7 Å². The number of likely N-dealkylation sites (N-methyl/N-ethyl adjacent to an activating group) is 1. The molecule has 4 nitrogen and oxygen atoms in total. The monoisotopic (exact) mass is 210 g/mol. The van der Waals surface area contributed by atoms with Crippen LogP contribution in [0.1, 0.15) is 17.7 Å². The maximum atomic E-state index is 12.0. The van der Waals surface area contributed by atoms with Gasteiger partial charge in [-0.3, -0.25) is 0 Å². The second kappa shape index (κ2) is 3.97. The van der Waals surface area contributed by atoms with E-state index >= 15 is 0 Å². The molecule has 0 aliphatic heterocycles. The first-order valence-electron chi connectivity index (χ1n) is 3.80. The van der Waals surface area contributed by atoms with Gasteiger partial charge in [-0.15, -0.1) is 0 Å². The summed E-state index contributed by atoms with van der Waals surface area (Å²) in [5.74, 6) is -1.34. The largest absolute Gasteiger partial charge is 0.468 e. The van der Waals surface area contributed by atoms with Crippen LogP contribution in [0.15, 0.2) is 10.7 Å². The van der Waals surface area contributed by atoms with Crippen molar-refractivity contribution in [2.45, 2.75) is 12.3 Å². The van der Waals surface area contributed by atoms with Crippen molar-refractivity contribution < 1.29 is 22.7 Å². The molecular weight excluding hydrogens is 201 g/mol. The number of aliphatic hydroxyl groups is 1. The van der Waals surface area contributed by atoms with Crippen LogP contribution in [0.3, 0.4) is 0 Å².